The molecule has 118 valence electrons. The molecule has 0 amide bonds. The van der Waals surface area contributed by atoms with Crippen molar-refractivity contribution in [3.05, 3.63) is 18.2 Å². The Balaban J connectivity index is 2.23. The molecule has 2 rings (SSSR count). The molecule has 1 atom stereocenters. The summed E-state index contributed by atoms with van der Waals surface area (Å²) in [5.74, 6) is 0.766. The minimum absolute atomic E-state index is 0.0226. The summed E-state index contributed by atoms with van der Waals surface area (Å²) in [5, 5.41) is 5.22. The first-order valence-electron chi connectivity index (χ1n) is 7.59. The zero-order valence-electron chi connectivity index (χ0n) is 12.6. The molecule has 1 fully saturated rings. The molecule has 1 saturated heterocycles. The molecule has 5 nitrogen and oxygen atoms in total. The van der Waals surface area contributed by atoms with E-state index in [2.05, 4.69) is 11.8 Å². The van der Waals surface area contributed by atoms with E-state index < -0.39 is 10.0 Å². The predicted octanol–water partition coefficient (Wildman–Crippen LogP) is 2.32. The van der Waals surface area contributed by atoms with Crippen LogP contribution >= 0.6 is 0 Å². The highest BCUT2D eigenvalue weighted by Crippen LogP contribution is 2.32. The standard InChI is InChI=1S/C15H25N3O2S/c1-2-5-12-6-4-10-18(11-9-12)13-7-3-8-14(15(13)16)21(17,19)20/h3,7-8,12H,2,4-6,9-11,16H2,1H3,(H2,17,19,20). The van der Waals surface area contributed by atoms with Gasteiger partial charge in [0.2, 0.25) is 10.0 Å². The maximum atomic E-state index is 11.6. The molecular weight excluding hydrogens is 286 g/mol. The second-order valence-corrected chi connectivity index (χ2v) is 7.34. The van der Waals surface area contributed by atoms with E-state index in [-0.39, 0.29) is 10.6 Å². The second-order valence-electron chi connectivity index (χ2n) is 5.81. The Morgan fingerprint density at radius 2 is 2.05 bits per heavy atom. The van der Waals surface area contributed by atoms with Gasteiger partial charge in [0.15, 0.2) is 0 Å². The van der Waals surface area contributed by atoms with E-state index in [9.17, 15) is 8.42 Å². The first kappa shape index (κ1) is 16.1. The normalized spacial score (nSPS) is 20.3. The first-order valence-corrected chi connectivity index (χ1v) is 9.14. The fourth-order valence-corrected chi connectivity index (χ4v) is 3.84. The molecule has 0 spiro atoms. The molecule has 6 heteroatoms. The Morgan fingerprint density at radius 3 is 2.71 bits per heavy atom. The van der Waals surface area contributed by atoms with Crippen LogP contribution in [0.3, 0.4) is 0 Å². The summed E-state index contributed by atoms with van der Waals surface area (Å²) in [6.45, 7) is 4.05. The summed E-state index contributed by atoms with van der Waals surface area (Å²) in [7, 11) is -3.77. The number of anilines is 2. The molecule has 0 bridgehead atoms. The maximum absolute atomic E-state index is 11.6. The van der Waals surface area contributed by atoms with Gasteiger partial charge in [0.05, 0.1) is 11.4 Å². The molecule has 1 aliphatic rings. The van der Waals surface area contributed by atoms with Crippen LogP contribution < -0.4 is 15.8 Å². The first-order chi connectivity index (χ1) is 9.93. The van der Waals surface area contributed by atoms with Crippen molar-refractivity contribution in [2.75, 3.05) is 23.7 Å². The number of hydrogen-bond acceptors (Lipinski definition) is 4. The van der Waals surface area contributed by atoms with Gasteiger partial charge in [-0.15, -0.1) is 0 Å². The quantitative estimate of drug-likeness (QED) is 0.835. The summed E-state index contributed by atoms with van der Waals surface area (Å²) in [5.41, 5.74) is 7.11. The average Bonchev–Trinajstić information content (AvgIpc) is 2.64. The fourth-order valence-electron chi connectivity index (χ4n) is 3.16. The van der Waals surface area contributed by atoms with Gasteiger partial charge in [-0.3, -0.25) is 0 Å². The van der Waals surface area contributed by atoms with Crippen LogP contribution in [-0.4, -0.2) is 21.5 Å². The molecule has 4 N–H and O–H groups in total. The number of rotatable bonds is 4. The van der Waals surface area contributed by atoms with Crippen LogP contribution in [0.2, 0.25) is 0 Å². The minimum atomic E-state index is -3.77. The lowest BCUT2D eigenvalue weighted by Crippen LogP contribution is -2.26. The molecule has 0 aliphatic carbocycles. The van der Waals surface area contributed by atoms with E-state index in [1.807, 2.05) is 6.07 Å². The van der Waals surface area contributed by atoms with Crippen molar-refractivity contribution in [2.45, 2.75) is 43.9 Å². The summed E-state index contributed by atoms with van der Waals surface area (Å²) in [6, 6.07) is 5.05. The smallest absolute Gasteiger partial charge is 0.240 e. The third-order valence-corrected chi connectivity index (χ3v) is 5.20. The Kier molecular flexibility index (Phi) is 5.11. The molecule has 0 radical (unpaired) electrons. The lowest BCUT2D eigenvalue weighted by Gasteiger charge is -2.25. The van der Waals surface area contributed by atoms with Gasteiger partial charge in [0, 0.05) is 13.1 Å². The van der Waals surface area contributed by atoms with Crippen molar-refractivity contribution < 1.29 is 8.42 Å². The van der Waals surface area contributed by atoms with E-state index in [4.69, 9.17) is 10.9 Å². The van der Waals surface area contributed by atoms with Crippen LogP contribution in [0.4, 0.5) is 11.4 Å². The van der Waals surface area contributed by atoms with Crippen LogP contribution in [0.15, 0.2) is 23.1 Å². The Labute approximate surface area is 127 Å². The number of primary sulfonamides is 1. The van der Waals surface area contributed by atoms with Gasteiger partial charge in [-0.2, -0.15) is 0 Å². The third-order valence-electron chi connectivity index (χ3n) is 4.23. The number of nitrogens with two attached hydrogens (primary N) is 2. The molecule has 0 saturated carbocycles. The number of nitrogens with zero attached hydrogens (tertiary/aromatic N) is 1. The number of para-hydroxylation sites is 1. The summed E-state index contributed by atoms with van der Waals surface area (Å²) >= 11 is 0. The number of nitrogen functional groups attached to an aromatic ring is 1. The molecular formula is C15H25N3O2S. The van der Waals surface area contributed by atoms with Crippen molar-refractivity contribution in [3.63, 3.8) is 0 Å². The van der Waals surface area contributed by atoms with E-state index in [1.165, 1.54) is 25.3 Å². The van der Waals surface area contributed by atoms with Gasteiger partial charge in [-0.25, -0.2) is 13.6 Å². The summed E-state index contributed by atoms with van der Waals surface area (Å²) < 4.78 is 23.1. The highest BCUT2D eigenvalue weighted by atomic mass is 32.2. The highest BCUT2D eigenvalue weighted by molar-refractivity contribution is 7.89. The van der Waals surface area contributed by atoms with Crippen LogP contribution in [0.5, 0.6) is 0 Å². The minimum Gasteiger partial charge on any atom is -0.396 e. The Bertz CT molecular complexity index is 587. The van der Waals surface area contributed by atoms with Crippen molar-refractivity contribution >= 4 is 21.4 Å². The zero-order chi connectivity index (χ0) is 15.5. The maximum Gasteiger partial charge on any atom is 0.240 e. The van der Waals surface area contributed by atoms with Crippen molar-refractivity contribution in [1.29, 1.82) is 0 Å². The third kappa shape index (κ3) is 3.89. The van der Waals surface area contributed by atoms with E-state index >= 15 is 0 Å². The van der Waals surface area contributed by atoms with Gasteiger partial charge < -0.3 is 10.6 Å². The molecule has 0 aromatic heterocycles. The predicted molar refractivity (Wildman–Crippen MR) is 86.7 cm³/mol. The zero-order valence-corrected chi connectivity index (χ0v) is 13.4. The Morgan fingerprint density at radius 1 is 1.29 bits per heavy atom. The van der Waals surface area contributed by atoms with Gasteiger partial charge >= 0.3 is 0 Å². The monoisotopic (exact) mass is 311 g/mol. The lowest BCUT2D eigenvalue weighted by atomic mass is 9.96. The number of hydrogen-bond donors (Lipinski definition) is 2. The Hall–Kier alpha value is -1.27. The molecule has 1 aliphatic heterocycles. The molecule has 1 aromatic rings. The molecule has 1 aromatic carbocycles. The molecule has 1 heterocycles. The van der Waals surface area contributed by atoms with E-state index in [0.29, 0.717) is 0 Å². The van der Waals surface area contributed by atoms with Gasteiger partial charge in [0.25, 0.3) is 0 Å². The molecule has 21 heavy (non-hydrogen) atoms. The SMILES string of the molecule is CCCC1CCCN(c2cccc(S(N)(=O)=O)c2N)CC1. The van der Waals surface area contributed by atoms with Crippen LogP contribution in [0.25, 0.3) is 0 Å². The van der Waals surface area contributed by atoms with Crippen molar-refractivity contribution in [2.24, 2.45) is 11.1 Å². The van der Waals surface area contributed by atoms with Gasteiger partial charge in [0.1, 0.15) is 4.90 Å². The number of benzene rings is 1. The van der Waals surface area contributed by atoms with E-state index in [0.717, 1.165) is 37.5 Å². The fraction of sp³-hybridized carbons (Fsp3) is 0.600. The van der Waals surface area contributed by atoms with Crippen LogP contribution in [-0.2, 0) is 10.0 Å². The van der Waals surface area contributed by atoms with Crippen molar-refractivity contribution in [1.82, 2.24) is 0 Å². The summed E-state index contributed by atoms with van der Waals surface area (Å²) in [4.78, 5) is 2.22. The topological polar surface area (TPSA) is 89.4 Å². The highest BCUT2D eigenvalue weighted by Gasteiger charge is 2.21. The van der Waals surface area contributed by atoms with Crippen LogP contribution in [0, 0.1) is 5.92 Å². The van der Waals surface area contributed by atoms with Crippen molar-refractivity contribution in [3.8, 4) is 0 Å². The van der Waals surface area contributed by atoms with Gasteiger partial charge in [-0.1, -0.05) is 25.8 Å². The van der Waals surface area contributed by atoms with Crippen LogP contribution in [0.1, 0.15) is 39.0 Å². The average molecular weight is 311 g/mol. The summed E-state index contributed by atoms with van der Waals surface area (Å²) in [6.07, 6.45) is 5.96. The second kappa shape index (κ2) is 6.66. The number of sulfonamides is 1. The largest absolute Gasteiger partial charge is 0.396 e. The lowest BCUT2D eigenvalue weighted by molar-refractivity contribution is 0.435. The van der Waals surface area contributed by atoms with E-state index in [1.54, 1.807) is 6.07 Å². The van der Waals surface area contributed by atoms with Gasteiger partial charge in [-0.05, 0) is 37.3 Å². The molecule has 1 unspecified atom stereocenters.